The standard InChI is InChI=1S/C28H25N3O5/c1-2-30-23-12-10-20(17-22(23)29-26(32)28(30)34)27(33)31(14-6-9-19-7-4-3-5-8-19)21-11-13-24-25(18-21)36-16-15-35-24/h3-13,17-18H,2,14-16H2,1H3,(H,29,32)/b9-6+. The topological polar surface area (TPSA) is 93.6 Å². The van der Waals surface area contributed by atoms with Crippen LogP contribution in [0.4, 0.5) is 5.69 Å². The molecule has 1 amide bonds. The number of benzene rings is 3. The van der Waals surface area contributed by atoms with Crippen molar-refractivity contribution in [3.63, 3.8) is 0 Å². The number of nitrogens with one attached hydrogen (secondary N) is 1. The number of ether oxygens (including phenoxy) is 2. The minimum absolute atomic E-state index is 0.263. The van der Waals surface area contributed by atoms with Gasteiger partial charge in [-0.2, -0.15) is 0 Å². The summed E-state index contributed by atoms with van der Waals surface area (Å²) in [4.78, 5) is 42.3. The predicted molar refractivity (Wildman–Crippen MR) is 139 cm³/mol. The van der Waals surface area contributed by atoms with Gasteiger partial charge in [0, 0.05) is 30.4 Å². The molecule has 0 saturated carbocycles. The highest BCUT2D eigenvalue weighted by atomic mass is 16.6. The summed E-state index contributed by atoms with van der Waals surface area (Å²) in [5.41, 5.74) is 1.70. The molecule has 1 aliphatic heterocycles. The van der Waals surface area contributed by atoms with Crippen molar-refractivity contribution < 1.29 is 14.3 Å². The van der Waals surface area contributed by atoms with Crippen molar-refractivity contribution in [2.45, 2.75) is 13.5 Å². The molecule has 0 fully saturated rings. The molecule has 0 unspecified atom stereocenters. The number of rotatable bonds is 6. The first-order chi connectivity index (χ1) is 17.5. The molecular formula is C28H25N3O5. The van der Waals surface area contributed by atoms with Gasteiger partial charge in [-0.15, -0.1) is 0 Å². The summed E-state index contributed by atoms with van der Waals surface area (Å²) < 4.78 is 12.7. The number of hydrogen-bond donors (Lipinski definition) is 1. The summed E-state index contributed by atoms with van der Waals surface area (Å²) in [7, 11) is 0. The van der Waals surface area contributed by atoms with Gasteiger partial charge in [0.1, 0.15) is 13.2 Å². The Kier molecular flexibility index (Phi) is 6.40. The molecule has 1 aliphatic rings. The number of carbonyl (C=O) groups excluding carboxylic acids is 1. The van der Waals surface area contributed by atoms with Crippen molar-refractivity contribution in [3.05, 3.63) is 105 Å². The van der Waals surface area contributed by atoms with Crippen molar-refractivity contribution >= 4 is 28.7 Å². The van der Waals surface area contributed by atoms with Gasteiger partial charge in [-0.05, 0) is 42.8 Å². The first-order valence-corrected chi connectivity index (χ1v) is 11.7. The van der Waals surface area contributed by atoms with Crippen LogP contribution in [-0.4, -0.2) is 35.2 Å². The van der Waals surface area contributed by atoms with Crippen LogP contribution in [0, 0.1) is 0 Å². The Balaban J connectivity index is 1.54. The molecule has 182 valence electrons. The van der Waals surface area contributed by atoms with Crippen LogP contribution in [-0.2, 0) is 6.54 Å². The Bertz CT molecular complexity index is 1570. The van der Waals surface area contributed by atoms with Gasteiger partial charge in [0.25, 0.3) is 5.91 Å². The van der Waals surface area contributed by atoms with E-state index in [0.717, 1.165) is 5.56 Å². The maximum atomic E-state index is 13.8. The maximum absolute atomic E-state index is 13.8. The fourth-order valence-electron chi connectivity index (χ4n) is 4.25. The van der Waals surface area contributed by atoms with E-state index < -0.39 is 11.1 Å². The van der Waals surface area contributed by atoms with Gasteiger partial charge in [-0.25, -0.2) is 0 Å². The number of aryl methyl sites for hydroxylation is 1. The molecule has 0 spiro atoms. The lowest BCUT2D eigenvalue weighted by molar-refractivity contribution is 0.0989. The Morgan fingerprint density at radius 2 is 1.78 bits per heavy atom. The van der Waals surface area contributed by atoms with Crippen LogP contribution in [0.15, 0.2) is 82.4 Å². The number of amides is 1. The lowest BCUT2D eigenvalue weighted by Crippen LogP contribution is -2.36. The maximum Gasteiger partial charge on any atom is 0.316 e. The first kappa shape index (κ1) is 23.2. The molecule has 8 nitrogen and oxygen atoms in total. The minimum atomic E-state index is -0.719. The number of carbonyl (C=O) groups is 1. The van der Waals surface area contributed by atoms with E-state index in [-0.39, 0.29) is 5.91 Å². The van der Waals surface area contributed by atoms with Crippen molar-refractivity contribution in [3.8, 4) is 11.5 Å². The third kappa shape index (κ3) is 4.53. The molecule has 0 bridgehead atoms. The quantitative estimate of drug-likeness (QED) is 0.421. The molecule has 0 radical (unpaired) electrons. The SMILES string of the molecule is CCn1c(=O)c(=O)[nH]c2cc(C(=O)N(C/C=C/c3ccccc3)c3ccc4c(c3)OCCO4)ccc21. The fourth-order valence-corrected chi connectivity index (χ4v) is 4.25. The van der Waals surface area contributed by atoms with Gasteiger partial charge < -0.3 is 23.9 Å². The summed E-state index contributed by atoms with van der Waals surface area (Å²) in [6.07, 6.45) is 3.87. The molecule has 0 aliphatic carbocycles. The lowest BCUT2D eigenvalue weighted by Gasteiger charge is -2.25. The van der Waals surface area contributed by atoms with Crippen LogP contribution in [0.3, 0.4) is 0 Å². The second-order valence-corrected chi connectivity index (χ2v) is 8.29. The average molecular weight is 484 g/mol. The Morgan fingerprint density at radius 3 is 2.56 bits per heavy atom. The highest BCUT2D eigenvalue weighted by Crippen LogP contribution is 2.34. The number of H-pyrrole nitrogens is 1. The fraction of sp³-hybridized carbons (Fsp3) is 0.179. The number of hydrogen-bond acceptors (Lipinski definition) is 5. The molecule has 2 heterocycles. The zero-order chi connectivity index (χ0) is 25.1. The second-order valence-electron chi connectivity index (χ2n) is 8.29. The van der Waals surface area contributed by atoms with Crippen LogP contribution in [0.25, 0.3) is 17.1 Å². The van der Waals surface area contributed by atoms with Crippen molar-refractivity contribution in [2.75, 3.05) is 24.7 Å². The average Bonchev–Trinajstić information content (AvgIpc) is 2.91. The molecule has 1 aromatic heterocycles. The third-order valence-corrected chi connectivity index (χ3v) is 6.02. The van der Waals surface area contributed by atoms with E-state index in [1.165, 1.54) is 4.57 Å². The summed E-state index contributed by atoms with van der Waals surface area (Å²) in [6.45, 7) is 3.36. The lowest BCUT2D eigenvalue weighted by atomic mass is 10.1. The largest absolute Gasteiger partial charge is 0.486 e. The van der Waals surface area contributed by atoms with Crippen LogP contribution in [0.2, 0.25) is 0 Å². The zero-order valence-corrected chi connectivity index (χ0v) is 19.8. The molecule has 1 N–H and O–H groups in total. The number of aromatic amines is 1. The molecular weight excluding hydrogens is 458 g/mol. The Labute approximate surface area is 207 Å². The smallest absolute Gasteiger partial charge is 0.316 e. The van der Waals surface area contributed by atoms with Crippen LogP contribution in [0.1, 0.15) is 22.8 Å². The molecule has 8 heteroatoms. The molecule has 3 aromatic carbocycles. The molecule has 4 aromatic rings. The predicted octanol–water partition coefficient (Wildman–Crippen LogP) is 3.84. The summed E-state index contributed by atoms with van der Waals surface area (Å²) in [5, 5.41) is 0. The van der Waals surface area contributed by atoms with Crippen LogP contribution >= 0.6 is 0 Å². The molecule has 36 heavy (non-hydrogen) atoms. The summed E-state index contributed by atoms with van der Waals surface area (Å²) in [6, 6.07) is 20.2. The normalized spacial score (nSPS) is 12.7. The number of fused-ring (bicyclic) bond motifs is 2. The highest BCUT2D eigenvalue weighted by molar-refractivity contribution is 6.08. The van der Waals surface area contributed by atoms with Crippen LogP contribution < -0.4 is 25.5 Å². The van der Waals surface area contributed by atoms with E-state index in [9.17, 15) is 14.4 Å². The number of aromatic nitrogens is 2. The zero-order valence-electron chi connectivity index (χ0n) is 19.8. The van der Waals surface area contributed by atoms with E-state index in [2.05, 4.69) is 4.98 Å². The van der Waals surface area contributed by atoms with Crippen molar-refractivity contribution in [1.82, 2.24) is 9.55 Å². The molecule has 0 saturated heterocycles. The number of nitrogens with zero attached hydrogens (tertiary/aromatic N) is 2. The Morgan fingerprint density at radius 1 is 1.00 bits per heavy atom. The molecule has 5 rings (SSSR count). The van der Waals surface area contributed by atoms with Crippen molar-refractivity contribution in [1.29, 1.82) is 0 Å². The van der Waals surface area contributed by atoms with E-state index in [1.54, 1.807) is 42.2 Å². The molecule has 0 atom stereocenters. The van der Waals surface area contributed by atoms with E-state index in [0.29, 0.717) is 60.1 Å². The van der Waals surface area contributed by atoms with Gasteiger partial charge in [0.15, 0.2) is 11.5 Å². The van der Waals surface area contributed by atoms with Gasteiger partial charge >= 0.3 is 11.1 Å². The van der Waals surface area contributed by atoms with Gasteiger partial charge in [-0.1, -0.05) is 42.5 Å². The second kappa shape index (κ2) is 9.95. The monoisotopic (exact) mass is 483 g/mol. The van der Waals surface area contributed by atoms with E-state index in [4.69, 9.17) is 9.47 Å². The summed E-state index contributed by atoms with van der Waals surface area (Å²) >= 11 is 0. The minimum Gasteiger partial charge on any atom is -0.486 e. The van der Waals surface area contributed by atoms with E-state index >= 15 is 0 Å². The van der Waals surface area contributed by atoms with E-state index in [1.807, 2.05) is 48.6 Å². The first-order valence-electron chi connectivity index (χ1n) is 11.7. The van der Waals surface area contributed by atoms with Gasteiger partial charge in [0.2, 0.25) is 0 Å². The third-order valence-electron chi connectivity index (χ3n) is 6.02. The Hall–Kier alpha value is -4.59. The highest BCUT2D eigenvalue weighted by Gasteiger charge is 2.21. The van der Waals surface area contributed by atoms with Crippen LogP contribution in [0.5, 0.6) is 11.5 Å². The van der Waals surface area contributed by atoms with Crippen molar-refractivity contribution in [2.24, 2.45) is 0 Å². The van der Waals surface area contributed by atoms with Gasteiger partial charge in [0.05, 0.1) is 11.0 Å². The van der Waals surface area contributed by atoms with Gasteiger partial charge in [-0.3, -0.25) is 14.4 Å². The number of anilines is 1. The summed E-state index contributed by atoms with van der Waals surface area (Å²) in [5.74, 6) is 0.956.